The Hall–Kier alpha value is -0.940. The summed E-state index contributed by atoms with van der Waals surface area (Å²) in [5, 5.41) is 3.04. The van der Waals surface area contributed by atoms with Crippen LogP contribution in [0.5, 0.6) is 0 Å². The molecule has 0 saturated heterocycles. The summed E-state index contributed by atoms with van der Waals surface area (Å²) in [5.41, 5.74) is 0. The van der Waals surface area contributed by atoms with Crippen molar-refractivity contribution in [3.8, 4) is 0 Å². The second kappa shape index (κ2) is 9.30. The van der Waals surface area contributed by atoms with Crippen molar-refractivity contribution >= 4 is 11.8 Å². The molecule has 0 bridgehead atoms. The molecule has 0 spiro atoms. The summed E-state index contributed by atoms with van der Waals surface area (Å²) in [6.45, 7) is 4.13. The van der Waals surface area contributed by atoms with Crippen LogP contribution >= 0.6 is 0 Å². The lowest BCUT2D eigenvalue weighted by Crippen LogP contribution is -2.29. The lowest BCUT2D eigenvalue weighted by molar-refractivity contribution is -0.145. The Morgan fingerprint density at radius 2 is 2.06 bits per heavy atom. The normalized spacial score (nSPS) is 10.5. The Morgan fingerprint density at radius 1 is 1.38 bits per heavy atom. The molecule has 0 saturated carbocycles. The molecule has 0 heterocycles. The van der Waals surface area contributed by atoms with E-state index in [1.165, 1.54) is 0 Å². The van der Waals surface area contributed by atoms with Gasteiger partial charge in [0, 0.05) is 0 Å². The number of carbonyl (C=O) groups excluding carboxylic acids is 2. The quantitative estimate of drug-likeness (QED) is 0.344. The van der Waals surface area contributed by atoms with Gasteiger partial charge in [0.25, 0.3) is 0 Å². The number of ether oxygens (including phenoxy) is 1. The number of carbonyl (C=O) groups is 2. The molecular formula is C11H22N2O3. The van der Waals surface area contributed by atoms with Crippen molar-refractivity contribution in [2.75, 3.05) is 40.3 Å². The standard InChI is InChI=1S/C11H22N2O3/c1-4-16-11(15)8-10(14)9-13(3)7-5-6-12-2/h12H,4-9H2,1-3H3. The number of hydrogen-bond acceptors (Lipinski definition) is 5. The first-order valence-electron chi connectivity index (χ1n) is 5.60. The fourth-order valence-electron chi connectivity index (χ4n) is 1.33. The van der Waals surface area contributed by atoms with E-state index in [9.17, 15) is 9.59 Å². The molecule has 0 rings (SSSR count). The summed E-state index contributed by atoms with van der Waals surface area (Å²) in [5.74, 6) is -0.526. The number of nitrogens with zero attached hydrogens (tertiary/aromatic N) is 1. The molecule has 16 heavy (non-hydrogen) atoms. The summed E-state index contributed by atoms with van der Waals surface area (Å²) < 4.78 is 4.70. The summed E-state index contributed by atoms with van der Waals surface area (Å²) >= 11 is 0. The minimum atomic E-state index is -0.434. The molecule has 1 N–H and O–H groups in total. The van der Waals surface area contributed by atoms with Crippen LogP contribution in [0.4, 0.5) is 0 Å². The van der Waals surface area contributed by atoms with Crippen LogP contribution in [0.25, 0.3) is 0 Å². The fourth-order valence-corrected chi connectivity index (χ4v) is 1.33. The number of nitrogens with one attached hydrogen (secondary N) is 1. The third kappa shape index (κ3) is 8.38. The molecule has 94 valence electrons. The second-order valence-corrected chi connectivity index (χ2v) is 3.72. The monoisotopic (exact) mass is 230 g/mol. The second-order valence-electron chi connectivity index (χ2n) is 3.72. The maximum absolute atomic E-state index is 11.4. The van der Waals surface area contributed by atoms with Gasteiger partial charge >= 0.3 is 5.97 Å². The fraction of sp³-hybridized carbons (Fsp3) is 0.818. The van der Waals surface area contributed by atoms with Crippen LogP contribution in [-0.2, 0) is 14.3 Å². The molecule has 0 atom stereocenters. The van der Waals surface area contributed by atoms with Gasteiger partial charge in [0.2, 0.25) is 0 Å². The highest BCUT2D eigenvalue weighted by molar-refractivity contribution is 5.96. The van der Waals surface area contributed by atoms with Crippen molar-refractivity contribution in [2.45, 2.75) is 19.8 Å². The average Bonchev–Trinajstić information content (AvgIpc) is 2.17. The summed E-state index contributed by atoms with van der Waals surface area (Å²) in [4.78, 5) is 24.4. The number of likely N-dealkylation sites (N-methyl/N-ethyl adjacent to an activating group) is 1. The van der Waals surface area contributed by atoms with E-state index < -0.39 is 5.97 Å². The van der Waals surface area contributed by atoms with Gasteiger partial charge < -0.3 is 10.1 Å². The number of hydrogen-bond donors (Lipinski definition) is 1. The molecule has 0 aromatic carbocycles. The number of Topliss-reactive ketones (excluding diaryl/α,β-unsaturated/α-hetero) is 1. The van der Waals surface area contributed by atoms with Crippen molar-refractivity contribution in [3.05, 3.63) is 0 Å². The van der Waals surface area contributed by atoms with Crippen LogP contribution in [-0.4, -0.2) is 57.0 Å². The van der Waals surface area contributed by atoms with Gasteiger partial charge in [-0.05, 0) is 40.5 Å². The molecule has 0 amide bonds. The molecule has 0 aliphatic rings. The van der Waals surface area contributed by atoms with E-state index in [1.54, 1.807) is 6.92 Å². The van der Waals surface area contributed by atoms with E-state index in [0.717, 1.165) is 19.5 Å². The first-order valence-corrected chi connectivity index (χ1v) is 5.60. The zero-order valence-corrected chi connectivity index (χ0v) is 10.4. The Bertz CT molecular complexity index is 219. The van der Waals surface area contributed by atoms with Crippen molar-refractivity contribution in [1.29, 1.82) is 0 Å². The van der Waals surface area contributed by atoms with Gasteiger partial charge in [-0.2, -0.15) is 0 Å². The van der Waals surface area contributed by atoms with Crippen LogP contribution in [0.2, 0.25) is 0 Å². The van der Waals surface area contributed by atoms with E-state index >= 15 is 0 Å². The predicted molar refractivity (Wildman–Crippen MR) is 62.3 cm³/mol. The van der Waals surface area contributed by atoms with Gasteiger partial charge in [0.1, 0.15) is 6.42 Å². The van der Waals surface area contributed by atoms with Gasteiger partial charge in [-0.25, -0.2) is 0 Å². The van der Waals surface area contributed by atoms with E-state index in [1.807, 2.05) is 19.0 Å². The number of rotatable bonds is 9. The van der Waals surface area contributed by atoms with E-state index in [4.69, 9.17) is 4.74 Å². The number of esters is 1. The minimum Gasteiger partial charge on any atom is -0.466 e. The topological polar surface area (TPSA) is 58.6 Å². The Balaban J connectivity index is 3.65. The molecule has 5 nitrogen and oxygen atoms in total. The van der Waals surface area contributed by atoms with Crippen molar-refractivity contribution in [2.24, 2.45) is 0 Å². The highest BCUT2D eigenvalue weighted by atomic mass is 16.5. The minimum absolute atomic E-state index is 0.0922. The lowest BCUT2D eigenvalue weighted by atomic mass is 10.2. The first-order chi connectivity index (χ1) is 7.60. The highest BCUT2D eigenvalue weighted by Crippen LogP contribution is 1.93. The van der Waals surface area contributed by atoms with Crippen LogP contribution in [0.3, 0.4) is 0 Å². The SMILES string of the molecule is CCOC(=O)CC(=O)CN(C)CCCNC. The van der Waals surface area contributed by atoms with Gasteiger partial charge in [-0.3, -0.25) is 14.5 Å². The van der Waals surface area contributed by atoms with E-state index in [-0.39, 0.29) is 12.2 Å². The van der Waals surface area contributed by atoms with Crippen LogP contribution < -0.4 is 5.32 Å². The molecule has 0 unspecified atom stereocenters. The maximum Gasteiger partial charge on any atom is 0.313 e. The summed E-state index contributed by atoms with van der Waals surface area (Å²) in [7, 11) is 3.77. The van der Waals surface area contributed by atoms with Crippen molar-refractivity contribution < 1.29 is 14.3 Å². The zero-order valence-electron chi connectivity index (χ0n) is 10.4. The first kappa shape index (κ1) is 15.1. The van der Waals surface area contributed by atoms with Gasteiger partial charge in [0.05, 0.1) is 13.2 Å². The Kier molecular flexibility index (Phi) is 8.75. The van der Waals surface area contributed by atoms with Crippen molar-refractivity contribution in [3.63, 3.8) is 0 Å². The van der Waals surface area contributed by atoms with E-state index in [0.29, 0.717) is 13.2 Å². The zero-order chi connectivity index (χ0) is 12.4. The molecule has 0 radical (unpaired) electrons. The Morgan fingerprint density at radius 3 is 2.62 bits per heavy atom. The van der Waals surface area contributed by atoms with Gasteiger partial charge in [-0.15, -0.1) is 0 Å². The smallest absolute Gasteiger partial charge is 0.313 e. The van der Waals surface area contributed by atoms with E-state index in [2.05, 4.69) is 5.32 Å². The van der Waals surface area contributed by atoms with Crippen LogP contribution in [0, 0.1) is 0 Å². The third-order valence-electron chi connectivity index (χ3n) is 2.06. The van der Waals surface area contributed by atoms with Gasteiger partial charge in [-0.1, -0.05) is 0 Å². The molecule has 0 aromatic heterocycles. The van der Waals surface area contributed by atoms with Crippen molar-refractivity contribution in [1.82, 2.24) is 10.2 Å². The largest absolute Gasteiger partial charge is 0.466 e. The molecule has 5 heteroatoms. The lowest BCUT2D eigenvalue weighted by Gasteiger charge is -2.15. The number of ketones is 1. The average molecular weight is 230 g/mol. The Labute approximate surface area is 97.1 Å². The van der Waals surface area contributed by atoms with Gasteiger partial charge in [0.15, 0.2) is 5.78 Å². The highest BCUT2D eigenvalue weighted by Gasteiger charge is 2.12. The predicted octanol–water partition coefficient (Wildman–Crippen LogP) is 0.0500. The molecular weight excluding hydrogens is 208 g/mol. The molecule has 0 aromatic rings. The molecule has 0 fully saturated rings. The molecule has 0 aliphatic heterocycles. The molecule has 0 aliphatic carbocycles. The van der Waals surface area contributed by atoms with Crippen LogP contribution in [0.15, 0.2) is 0 Å². The summed E-state index contributed by atoms with van der Waals surface area (Å²) in [6, 6.07) is 0. The third-order valence-corrected chi connectivity index (χ3v) is 2.06. The maximum atomic E-state index is 11.4. The van der Waals surface area contributed by atoms with Crippen LogP contribution in [0.1, 0.15) is 19.8 Å². The summed E-state index contributed by atoms with van der Waals surface area (Å²) in [6.07, 6.45) is 0.865.